The molecule has 1 aliphatic heterocycles. The fourth-order valence-corrected chi connectivity index (χ4v) is 4.40. The number of anilines is 2. The van der Waals surface area contributed by atoms with Crippen LogP contribution in [0.3, 0.4) is 0 Å². The van der Waals surface area contributed by atoms with E-state index >= 15 is 0 Å². The Kier molecular flexibility index (Phi) is 7.48. The fraction of sp³-hybridized carbons (Fsp3) is 0.300. The van der Waals surface area contributed by atoms with Gasteiger partial charge < -0.3 is 15.4 Å². The molecule has 1 fully saturated rings. The molecule has 0 aromatic heterocycles. The summed E-state index contributed by atoms with van der Waals surface area (Å²) in [5.41, 5.74) is -4.29. The van der Waals surface area contributed by atoms with Gasteiger partial charge in [-0.25, -0.2) is 13.2 Å². The van der Waals surface area contributed by atoms with Crippen LogP contribution < -0.4 is 10.6 Å². The van der Waals surface area contributed by atoms with Crippen molar-refractivity contribution in [2.45, 2.75) is 16.9 Å². The number of nitrogens with zero attached hydrogens (tertiary/aromatic N) is 2. The molecule has 0 bridgehead atoms. The number of morpholine rings is 1. The molecule has 1 saturated heterocycles. The highest BCUT2D eigenvalue weighted by Gasteiger charge is 2.48. The number of carbonyl (C=O) groups excluding carboxylic acids is 1. The Bertz CT molecular complexity index is 1190. The number of hydrogen-bond donors (Lipinski definition) is 2. The first kappa shape index (κ1) is 24.8. The van der Waals surface area contributed by atoms with Gasteiger partial charge in [-0.05, 0) is 42.0 Å². The van der Waals surface area contributed by atoms with E-state index in [1.165, 1.54) is 12.1 Å². The van der Waals surface area contributed by atoms with Gasteiger partial charge in [-0.1, -0.05) is 11.6 Å². The van der Waals surface area contributed by atoms with Gasteiger partial charge in [0.2, 0.25) is 0 Å². The summed E-state index contributed by atoms with van der Waals surface area (Å²) in [7, 11) is -5.70. The number of alkyl halides is 3. The van der Waals surface area contributed by atoms with Crippen molar-refractivity contribution in [2.75, 3.05) is 36.9 Å². The number of amides is 2. The lowest BCUT2D eigenvalue weighted by Crippen LogP contribution is -2.35. The highest BCUT2D eigenvalue weighted by Crippen LogP contribution is 2.35. The summed E-state index contributed by atoms with van der Waals surface area (Å²) in [5, 5.41) is 13.5. The molecule has 0 atom stereocenters. The number of sulfone groups is 1. The number of halogens is 4. The first-order chi connectivity index (χ1) is 15.5. The standard InChI is InChI=1S/C20H18ClF3N4O4S/c21-17-4-3-16(10-18(17)33(30,31)20(22,23)24)27-19(29)26-15-2-1-13(11-25)14(9-15)12-28-5-7-32-8-6-28/h1-4,9-10H,5-8,12H2,(H2,26,27,29). The van der Waals surface area contributed by atoms with E-state index in [0.29, 0.717) is 55.7 Å². The van der Waals surface area contributed by atoms with E-state index in [0.717, 1.165) is 6.07 Å². The van der Waals surface area contributed by atoms with Gasteiger partial charge in [0, 0.05) is 31.0 Å². The largest absolute Gasteiger partial charge is 0.501 e. The summed E-state index contributed by atoms with van der Waals surface area (Å²) in [4.78, 5) is 13.3. The lowest BCUT2D eigenvalue weighted by Gasteiger charge is -2.27. The van der Waals surface area contributed by atoms with E-state index in [2.05, 4.69) is 21.6 Å². The SMILES string of the molecule is N#Cc1ccc(NC(=O)Nc2ccc(Cl)c(S(=O)(=O)C(F)(F)F)c2)cc1CN1CCOCC1. The van der Waals surface area contributed by atoms with Crippen LogP contribution in [-0.2, 0) is 21.1 Å². The maximum Gasteiger partial charge on any atom is 0.501 e. The van der Waals surface area contributed by atoms with Crippen LogP contribution in [0.5, 0.6) is 0 Å². The van der Waals surface area contributed by atoms with Gasteiger partial charge in [0.1, 0.15) is 0 Å². The Morgan fingerprint density at radius 1 is 1.12 bits per heavy atom. The third-order valence-electron chi connectivity index (χ3n) is 4.76. The van der Waals surface area contributed by atoms with Crippen molar-refractivity contribution < 1.29 is 31.1 Å². The van der Waals surface area contributed by atoms with Crippen LogP contribution in [0.15, 0.2) is 41.3 Å². The molecule has 0 aliphatic carbocycles. The van der Waals surface area contributed by atoms with Gasteiger partial charge in [-0.15, -0.1) is 0 Å². The van der Waals surface area contributed by atoms with E-state index in [1.807, 2.05) is 0 Å². The summed E-state index contributed by atoms with van der Waals surface area (Å²) < 4.78 is 67.3. The Morgan fingerprint density at radius 2 is 1.73 bits per heavy atom. The fourth-order valence-electron chi connectivity index (χ4n) is 3.12. The second-order valence-corrected chi connectivity index (χ2v) is 9.36. The molecule has 176 valence electrons. The van der Waals surface area contributed by atoms with E-state index < -0.39 is 31.3 Å². The van der Waals surface area contributed by atoms with Crippen molar-refractivity contribution in [1.29, 1.82) is 5.26 Å². The third-order valence-corrected chi connectivity index (χ3v) is 6.73. The molecule has 2 amide bonds. The molecule has 1 aliphatic rings. The Labute approximate surface area is 192 Å². The van der Waals surface area contributed by atoms with Crippen LogP contribution >= 0.6 is 11.6 Å². The Hall–Kier alpha value is -2.85. The average Bonchev–Trinajstić information content (AvgIpc) is 2.75. The van der Waals surface area contributed by atoms with Crippen LogP contribution in [0.25, 0.3) is 0 Å². The van der Waals surface area contributed by atoms with Crippen molar-refractivity contribution in [1.82, 2.24) is 4.90 Å². The number of nitriles is 1. The van der Waals surface area contributed by atoms with Crippen molar-refractivity contribution in [2.24, 2.45) is 0 Å². The zero-order valence-electron chi connectivity index (χ0n) is 16.9. The topological polar surface area (TPSA) is 112 Å². The predicted octanol–water partition coefficient (Wildman–Crippen LogP) is 3.98. The van der Waals surface area contributed by atoms with Gasteiger partial charge in [0.15, 0.2) is 0 Å². The molecule has 3 rings (SSSR count). The van der Waals surface area contributed by atoms with E-state index in [-0.39, 0.29) is 5.69 Å². The van der Waals surface area contributed by atoms with Crippen LogP contribution in [0.1, 0.15) is 11.1 Å². The molecule has 0 radical (unpaired) electrons. The summed E-state index contributed by atoms with van der Waals surface area (Å²) >= 11 is 5.63. The van der Waals surface area contributed by atoms with Crippen LogP contribution in [0, 0.1) is 11.3 Å². The summed E-state index contributed by atoms with van der Waals surface area (Å²) in [6, 6.07) is 8.68. The Balaban J connectivity index is 1.75. The minimum Gasteiger partial charge on any atom is -0.379 e. The lowest BCUT2D eigenvalue weighted by atomic mass is 10.1. The maximum absolute atomic E-state index is 12.9. The smallest absolute Gasteiger partial charge is 0.379 e. The number of carbonyl (C=O) groups is 1. The first-order valence-electron chi connectivity index (χ1n) is 9.53. The molecule has 0 unspecified atom stereocenters. The van der Waals surface area contributed by atoms with Gasteiger partial charge in [-0.2, -0.15) is 18.4 Å². The predicted molar refractivity (Wildman–Crippen MR) is 115 cm³/mol. The molecule has 2 aromatic rings. The highest BCUT2D eigenvalue weighted by atomic mass is 35.5. The quantitative estimate of drug-likeness (QED) is 0.639. The number of nitrogens with one attached hydrogen (secondary N) is 2. The Morgan fingerprint density at radius 3 is 2.33 bits per heavy atom. The second-order valence-electron chi connectivity index (χ2n) is 7.05. The number of ether oxygens (including phenoxy) is 1. The molecular formula is C20H18ClF3N4O4S. The molecule has 8 nitrogen and oxygen atoms in total. The van der Waals surface area contributed by atoms with Crippen LogP contribution in [0.4, 0.5) is 29.3 Å². The van der Waals surface area contributed by atoms with E-state index in [4.69, 9.17) is 16.3 Å². The van der Waals surface area contributed by atoms with Crippen LogP contribution in [0.2, 0.25) is 5.02 Å². The number of rotatable bonds is 5. The van der Waals surface area contributed by atoms with Crippen molar-refractivity contribution in [3.63, 3.8) is 0 Å². The number of hydrogen-bond acceptors (Lipinski definition) is 6. The van der Waals surface area contributed by atoms with Gasteiger partial charge in [-0.3, -0.25) is 4.90 Å². The molecule has 1 heterocycles. The van der Waals surface area contributed by atoms with Gasteiger partial charge in [0.25, 0.3) is 9.84 Å². The monoisotopic (exact) mass is 502 g/mol. The third kappa shape index (κ3) is 5.94. The minimum atomic E-state index is -5.70. The molecule has 2 aromatic carbocycles. The normalized spacial score (nSPS) is 15.0. The molecule has 33 heavy (non-hydrogen) atoms. The molecule has 0 spiro atoms. The van der Waals surface area contributed by atoms with Crippen molar-refractivity contribution in [3.8, 4) is 6.07 Å². The van der Waals surface area contributed by atoms with Crippen molar-refractivity contribution >= 4 is 38.8 Å². The molecule has 0 saturated carbocycles. The first-order valence-corrected chi connectivity index (χ1v) is 11.4. The van der Waals surface area contributed by atoms with E-state index in [9.17, 15) is 31.6 Å². The van der Waals surface area contributed by atoms with Gasteiger partial charge >= 0.3 is 11.5 Å². The summed E-state index contributed by atoms with van der Waals surface area (Å²) in [5.74, 6) is 0. The highest BCUT2D eigenvalue weighted by molar-refractivity contribution is 7.92. The number of urea groups is 1. The molecule has 2 N–H and O–H groups in total. The summed E-state index contributed by atoms with van der Waals surface area (Å²) in [6.07, 6.45) is 0. The molecular weight excluding hydrogens is 485 g/mol. The van der Waals surface area contributed by atoms with E-state index in [1.54, 1.807) is 12.1 Å². The van der Waals surface area contributed by atoms with Gasteiger partial charge in [0.05, 0.1) is 34.8 Å². The average molecular weight is 503 g/mol. The zero-order chi connectivity index (χ0) is 24.2. The molecule has 13 heteroatoms. The lowest BCUT2D eigenvalue weighted by molar-refractivity contribution is -0.0435. The minimum absolute atomic E-state index is 0.207. The van der Waals surface area contributed by atoms with Crippen LogP contribution in [-0.4, -0.2) is 51.2 Å². The second kappa shape index (κ2) is 9.96. The van der Waals surface area contributed by atoms with Crippen molar-refractivity contribution in [3.05, 3.63) is 52.5 Å². The number of benzene rings is 2. The summed E-state index contributed by atoms with van der Waals surface area (Å²) in [6.45, 7) is 3.02. The maximum atomic E-state index is 12.9. The zero-order valence-corrected chi connectivity index (χ0v) is 18.5.